The van der Waals surface area contributed by atoms with Crippen LogP contribution in [0.25, 0.3) is 0 Å². The molecule has 0 saturated carbocycles. The van der Waals surface area contributed by atoms with Crippen molar-refractivity contribution in [2.75, 3.05) is 11.5 Å². The number of fused-ring (bicyclic) bond motifs is 1. The minimum Gasteiger partial charge on any atom is -0.463 e. The molecule has 1 amide bonds. The summed E-state index contributed by atoms with van der Waals surface area (Å²) in [6.07, 6.45) is -0.470. The van der Waals surface area contributed by atoms with Crippen LogP contribution in [0.3, 0.4) is 0 Å². The molecular weight excluding hydrogens is 457 g/mol. The maximum Gasteiger partial charge on any atom is 0.334 e. The van der Waals surface area contributed by atoms with E-state index in [4.69, 9.17) is 9.26 Å². The number of hydrogen-bond donors (Lipinski definition) is 0. The van der Waals surface area contributed by atoms with Gasteiger partial charge in [-0.3, -0.25) is 14.9 Å². The second-order valence-corrected chi connectivity index (χ2v) is 8.12. The molecule has 1 aliphatic heterocycles. The van der Waals surface area contributed by atoms with Gasteiger partial charge in [-0.15, -0.1) is 0 Å². The quantitative estimate of drug-likeness (QED) is 0.206. The summed E-state index contributed by atoms with van der Waals surface area (Å²) in [6.45, 7) is 6.96. The fourth-order valence-corrected chi connectivity index (χ4v) is 4.43. The third-order valence-corrected chi connectivity index (χ3v) is 6.05. The fraction of sp³-hybridized carbons (Fsp3) is 0.240. The standard InChI is InChI=1S/C25H22FN3O6/c1-4-34-23(30)15(2)25(13-21-22(29(32)33)16(3)27-35-21)19-12-18(26)10-11-20(19)28(24(25)31)14-17-8-6-5-7-9-17/h5-12H,2,4,13-14H2,1,3H3. The van der Waals surface area contributed by atoms with Gasteiger partial charge in [0.1, 0.15) is 11.2 Å². The molecule has 3 aromatic rings. The first-order chi connectivity index (χ1) is 16.7. The summed E-state index contributed by atoms with van der Waals surface area (Å²) in [4.78, 5) is 39.5. The van der Waals surface area contributed by atoms with E-state index in [1.807, 2.05) is 30.3 Å². The van der Waals surface area contributed by atoms with Gasteiger partial charge in [0.2, 0.25) is 11.7 Å². The Morgan fingerprint density at radius 1 is 1.29 bits per heavy atom. The molecular formula is C25H22FN3O6. The fourth-order valence-electron chi connectivity index (χ4n) is 4.43. The van der Waals surface area contributed by atoms with Crippen molar-refractivity contribution < 1.29 is 28.2 Å². The topological polar surface area (TPSA) is 116 Å². The second kappa shape index (κ2) is 9.13. The number of anilines is 1. The molecule has 1 aliphatic rings. The number of carbonyl (C=O) groups is 2. The number of carbonyl (C=O) groups excluding carboxylic acids is 2. The first kappa shape index (κ1) is 23.8. The Morgan fingerprint density at radius 3 is 2.66 bits per heavy atom. The van der Waals surface area contributed by atoms with Crippen LogP contribution in [0.5, 0.6) is 0 Å². The van der Waals surface area contributed by atoms with E-state index < -0.39 is 40.1 Å². The Morgan fingerprint density at radius 2 is 2.00 bits per heavy atom. The number of rotatable bonds is 8. The van der Waals surface area contributed by atoms with Crippen LogP contribution >= 0.6 is 0 Å². The Hall–Kier alpha value is -4.34. The summed E-state index contributed by atoms with van der Waals surface area (Å²) in [5.41, 5.74) is -1.33. The van der Waals surface area contributed by atoms with Crippen LogP contribution in [0.4, 0.5) is 15.8 Å². The first-order valence-electron chi connectivity index (χ1n) is 10.8. The number of benzene rings is 2. The van der Waals surface area contributed by atoms with Crippen molar-refractivity contribution in [2.24, 2.45) is 0 Å². The van der Waals surface area contributed by atoms with Crippen molar-refractivity contribution in [2.45, 2.75) is 32.2 Å². The van der Waals surface area contributed by atoms with Crippen molar-refractivity contribution in [3.05, 3.63) is 99.2 Å². The Bertz CT molecular complexity index is 1340. The molecule has 1 unspecified atom stereocenters. The van der Waals surface area contributed by atoms with Crippen LogP contribution in [0.15, 0.2) is 65.2 Å². The van der Waals surface area contributed by atoms with Crippen LogP contribution in [0.1, 0.15) is 29.5 Å². The molecule has 0 spiro atoms. The number of aromatic nitrogens is 1. The summed E-state index contributed by atoms with van der Waals surface area (Å²) in [7, 11) is 0. The maximum atomic E-state index is 14.5. The molecule has 9 nitrogen and oxygen atoms in total. The van der Waals surface area contributed by atoms with Crippen molar-refractivity contribution in [3.8, 4) is 0 Å². The lowest BCUT2D eigenvalue weighted by molar-refractivity contribution is -0.386. The van der Waals surface area contributed by atoms with E-state index in [1.54, 1.807) is 6.92 Å². The number of halogens is 1. The smallest absolute Gasteiger partial charge is 0.334 e. The number of esters is 1. The average Bonchev–Trinajstić information content (AvgIpc) is 3.30. The molecule has 4 rings (SSSR count). The van der Waals surface area contributed by atoms with Crippen molar-refractivity contribution >= 4 is 23.3 Å². The van der Waals surface area contributed by atoms with Crippen LogP contribution in [0, 0.1) is 22.9 Å². The number of hydrogen-bond acceptors (Lipinski definition) is 7. The van der Waals surface area contributed by atoms with Gasteiger partial charge in [-0.25, -0.2) is 9.18 Å². The highest BCUT2D eigenvalue weighted by Crippen LogP contribution is 2.50. The van der Waals surface area contributed by atoms with Crippen molar-refractivity contribution in [1.29, 1.82) is 0 Å². The number of nitro groups is 1. The van der Waals surface area contributed by atoms with E-state index in [2.05, 4.69) is 11.7 Å². The van der Waals surface area contributed by atoms with E-state index in [-0.39, 0.29) is 35.7 Å². The number of ether oxygens (including phenoxy) is 1. The lowest BCUT2D eigenvalue weighted by Gasteiger charge is -2.29. The predicted molar refractivity (Wildman–Crippen MR) is 123 cm³/mol. The normalized spacial score (nSPS) is 16.8. The minimum absolute atomic E-state index is 0.00736. The van der Waals surface area contributed by atoms with E-state index in [0.29, 0.717) is 5.69 Å². The third kappa shape index (κ3) is 3.96. The Labute approximate surface area is 199 Å². The van der Waals surface area contributed by atoms with Gasteiger partial charge in [0.15, 0.2) is 5.69 Å². The van der Waals surface area contributed by atoms with Gasteiger partial charge >= 0.3 is 11.7 Å². The summed E-state index contributed by atoms with van der Waals surface area (Å²) < 4.78 is 24.9. The zero-order valence-electron chi connectivity index (χ0n) is 19.1. The molecule has 180 valence electrons. The van der Waals surface area contributed by atoms with Crippen LogP contribution in [-0.2, 0) is 32.7 Å². The monoisotopic (exact) mass is 479 g/mol. The minimum atomic E-state index is -1.91. The Kier molecular flexibility index (Phi) is 6.21. The molecule has 2 heterocycles. The van der Waals surface area contributed by atoms with E-state index in [1.165, 1.54) is 24.0 Å². The van der Waals surface area contributed by atoms with Gasteiger partial charge in [-0.05, 0) is 43.2 Å². The van der Waals surface area contributed by atoms with E-state index >= 15 is 0 Å². The van der Waals surface area contributed by atoms with Gasteiger partial charge in [-0.2, -0.15) is 0 Å². The molecule has 35 heavy (non-hydrogen) atoms. The largest absolute Gasteiger partial charge is 0.463 e. The third-order valence-electron chi connectivity index (χ3n) is 6.05. The molecule has 0 saturated heterocycles. The molecule has 2 aromatic carbocycles. The summed E-state index contributed by atoms with van der Waals surface area (Å²) in [5, 5.41) is 15.4. The predicted octanol–water partition coefficient (Wildman–Crippen LogP) is 4.18. The van der Waals surface area contributed by atoms with Crippen LogP contribution in [0.2, 0.25) is 0 Å². The SMILES string of the molecule is C=C(C(=O)OCC)C1(Cc2onc(C)c2[N+](=O)[O-])C(=O)N(Cc2ccccc2)c2ccc(F)cc21. The first-order valence-corrected chi connectivity index (χ1v) is 10.8. The average molecular weight is 479 g/mol. The summed E-state index contributed by atoms with van der Waals surface area (Å²) in [5.74, 6) is -2.37. The molecule has 0 N–H and O–H groups in total. The highest BCUT2D eigenvalue weighted by atomic mass is 19.1. The van der Waals surface area contributed by atoms with Gasteiger partial charge in [0.25, 0.3) is 0 Å². The molecule has 10 heteroatoms. The summed E-state index contributed by atoms with van der Waals surface area (Å²) >= 11 is 0. The van der Waals surface area contributed by atoms with Crippen LogP contribution in [-0.4, -0.2) is 28.6 Å². The highest BCUT2D eigenvalue weighted by Gasteiger charge is 2.56. The lowest BCUT2D eigenvalue weighted by Crippen LogP contribution is -2.45. The number of aryl methyl sites for hydroxylation is 1. The van der Waals surface area contributed by atoms with Crippen molar-refractivity contribution in [3.63, 3.8) is 0 Å². The molecule has 0 bridgehead atoms. The van der Waals surface area contributed by atoms with Gasteiger partial charge in [0.05, 0.1) is 23.6 Å². The zero-order valence-corrected chi connectivity index (χ0v) is 19.1. The van der Waals surface area contributed by atoms with Crippen LogP contribution < -0.4 is 4.90 Å². The van der Waals surface area contributed by atoms with E-state index in [0.717, 1.165) is 11.6 Å². The van der Waals surface area contributed by atoms with Gasteiger partial charge in [-0.1, -0.05) is 42.1 Å². The van der Waals surface area contributed by atoms with Gasteiger partial charge < -0.3 is 14.2 Å². The molecule has 0 radical (unpaired) electrons. The van der Waals surface area contributed by atoms with Crippen molar-refractivity contribution in [1.82, 2.24) is 5.16 Å². The summed E-state index contributed by atoms with van der Waals surface area (Å²) in [6, 6.07) is 12.9. The molecule has 0 aliphatic carbocycles. The number of amides is 1. The highest BCUT2D eigenvalue weighted by molar-refractivity contribution is 6.15. The molecule has 1 atom stereocenters. The van der Waals surface area contributed by atoms with E-state index in [9.17, 15) is 24.1 Å². The maximum absolute atomic E-state index is 14.5. The lowest BCUT2D eigenvalue weighted by atomic mass is 9.72. The molecule has 1 aromatic heterocycles. The zero-order chi connectivity index (χ0) is 25.3. The van der Waals surface area contributed by atoms with Gasteiger partial charge in [0, 0.05) is 12.1 Å². The molecule has 0 fully saturated rings. The second-order valence-electron chi connectivity index (χ2n) is 8.12. The number of nitrogens with zero attached hydrogens (tertiary/aromatic N) is 3. The Balaban J connectivity index is 1.94.